The minimum Gasteiger partial charge on any atom is -0.490 e. The molecule has 0 saturated carbocycles. The molecule has 7 nitrogen and oxygen atoms in total. The zero-order chi connectivity index (χ0) is 24.0. The van der Waals surface area contributed by atoms with Crippen molar-refractivity contribution in [3.05, 3.63) is 65.5 Å². The van der Waals surface area contributed by atoms with Crippen LogP contribution in [0.2, 0.25) is 0 Å². The minimum absolute atomic E-state index is 0.0165. The second-order valence-electron chi connectivity index (χ2n) is 8.92. The van der Waals surface area contributed by atoms with Gasteiger partial charge in [0.05, 0.1) is 39.2 Å². The molecule has 2 amide bonds. The van der Waals surface area contributed by atoms with Crippen molar-refractivity contribution in [2.24, 2.45) is 0 Å². The molecule has 34 heavy (non-hydrogen) atoms. The first-order valence-electron chi connectivity index (χ1n) is 11.6. The Morgan fingerprint density at radius 2 is 1.62 bits per heavy atom. The predicted octanol–water partition coefficient (Wildman–Crippen LogP) is 2.60. The second kappa shape index (κ2) is 11.0. The van der Waals surface area contributed by atoms with Crippen LogP contribution in [-0.2, 0) is 25.5 Å². The molecule has 2 heterocycles. The molecule has 2 aliphatic heterocycles. The molecule has 8 heteroatoms. The van der Waals surface area contributed by atoms with E-state index in [2.05, 4.69) is 0 Å². The molecule has 0 aromatic heterocycles. The fourth-order valence-corrected chi connectivity index (χ4v) is 4.24. The SMILES string of the molecule is Cc1ccc(CC(=O)N2CCO[C@@](COc3ccc(F)cc3)(CC(=O)N3CCOCC3)C2)cc1. The lowest BCUT2D eigenvalue weighted by molar-refractivity contribution is -0.167. The molecule has 2 aromatic rings. The van der Waals surface area contributed by atoms with Gasteiger partial charge in [-0.15, -0.1) is 0 Å². The summed E-state index contributed by atoms with van der Waals surface area (Å²) in [5.41, 5.74) is 1.09. The minimum atomic E-state index is -0.995. The van der Waals surface area contributed by atoms with Gasteiger partial charge in [-0.2, -0.15) is 0 Å². The number of carbonyl (C=O) groups excluding carboxylic acids is 2. The van der Waals surface area contributed by atoms with E-state index in [1.165, 1.54) is 24.3 Å². The van der Waals surface area contributed by atoms with Crippen molar-refractivity contribution in [3.8, 4) is 5.75 Å². The Kier molecular flexibility index (Phi) is 7.80. The molecule has 0 aliphatic carbocycles. The van der Waals surface area contributed by atoms with Crippen molar-refractivity contribution in [1.82, 2.24) is 9.80 Å². The molecule has 4 rings (SSSR count). The number of benzene rings is 2. The monoisotopic (exact) mass is 470 g/mol. The zero-order valence-corrected chi connectivity index (χ0v) is 19.5. The molecule has 0 N–H and O–H groups in total. The third-order valence-corrected chi connectivity index (χ3v) is 6.23. The van der Waals surface area contributed by atoms with Crippen LogP contribution in [0, 0.1) is 12.7 Å². The number of carbonyl (C=O) groups is 2. The maximum Gasteiger partial charge on any atom is 0.227 e. The van der Waals surface area contributed by atoms with Crippen molar-refractivity contribution in [2.45, 2.75) is 25.4 Å². The van der Waals surface area contributed by atoms with E-state index < -0.39 is 5.60 Å². The van der Waals surface area contributed by atoms with E-state index in [0.29, 0.717) is 45.2 Å². The Hall–Kier alpha value is -2.97. The Bertz CT molecular complexity index is 976. The van der Waals surface area contributed by atoms with E-state index in [1.807, 2.05) is 31.2 Å². The molecule has 2 aliphatic rings. The molecule has 2 saturated heterocycles. The van der Waals surface area contributed by atoms with E-state index >= 15 is 0 Å². The Balaban J connectivity index is 1.48. The summed E-state index contributed by atoms with van der Waals surface area (Å²) in [4.78, 5) is 29.7. The molecule has 0 spiro atoms. The summed E-state index contributed by atoms with van der Waals surface area (Å²) in [6.45, 7) is 5.16. The van der Waals surface area contributed by atoms with Crippen LogP contribution in [0.15, 0.2) is 48.5 Å². The second-order valence-corrected chi connectivity index (χ2v) is 8.92. The third-order valence-electron chi connectivity index (χ3n) is 6.23. The first kappa shape index (κ1) is 24.2. The standard InChI is InChI=1S/C26H31FN2O5/c1-20-2-4-21(5-3-20)16-24(30)29-12-15-34-26(18-29,17-25(31)28-10-13-32-14-11-28)19-33-23-8-6-22(27)7-9-23/h2-9H,10-19H2,1H3/t26-/m0/s1. The van der Waals surface area contributed by atoms with Gasteiger partial charge in [-0.1, -0.05) is 29.8 Å². The quantitative estimate of drug-likeness (QED) is 0.622. The number of hydrogen-bond acceptors (Lipinski definition) is 5. The van der Waals surface area contributed by atoms with E-state index in [1.54, 1.807) is 9.80 Å². The fourth-order valence-electron chi connectivity index (χ4n) is 4.24. The van der Waals surface area contributed by atoms with Gasteiger partial charge >= 0.3 is 0 Å². The van der Waals surface area contributed by atoms with Crippen LogP contribution in [0.3, 0.4) is 0 Å². The Morgan fingerprint density at radius 1 is 0.941 bits per heavy atom. The Labute approximate surface area is 199 Å². The zero-order valence-electron chi connectivity index (χ0n) is 19.5. The van der Waals surface area contributed by atoms with Gasteiger partial charge in [0, 0.05) is 19.6 Å². The summed E-state index contributed by atoms with van der Waals surface area (Å²) < 4.78 is 30.7. The number of nitrogens with zero attached hydrogens (tertiary/aromatic N) is 2. The van der Waals surface area contributed by atoms with Crippen molar-refractivity contribution in [2.75, 3.05) is 52.6 Å². The lowest BCUT2D eigenvalue weighted by atomic mass is 9.96. The highest BCUT2D eigenvalue weighted by atomic mass is 19.1. The van der Waals surface area contributed by atoms with Gasteiger partial charge in [-0.05, 0) is 36.8 Å². The maximum absolute atomic E-state index is 13.3. The summed E-state index contributed by atoms with van der Waals surface area (Å²) in [6.07, 6.45) is 0.370. The predicted molar refractivity (Wildman–Crippen MR) is 124 cm³/mol. The van der Waals surface area contributed by atoms with Crippen molar-refractivity contribution in [1.29, 1.82) is 0 Å². The molecule has 2 fully saturated rings. The smallest absolute Gasteiger partial charge is 0.227 e. The van der Waals surface area contributed by atoms with Crippen LogP contribution in [0.4, 0.5) is 4.39 Å². The van der Waals surface area contributed by atoms with Gasteiger partial charge in [0.15, 0.2) is 0 Å². The number of aryl methyl sites for hydroxylation is 1. The van der Waals surface area contributed by atoms with Crippen molar-refractivity contribution >= 4 is 11.8 Å². The van der Waals surface area contributed by atoms with E-state index in [4.69, 9.17) is 14.2 Å². The van der Waals surface area contributed by atoms with Crippen LogP contribution in [0.5, 0.6) is 5.75 Å². The topological polar surface area (TPSA) is 68.3 Å². The molecule has 0 bridgehead atoms. The first-order chi connectivity index (χ1) is 16.4. The number of halogens is 1. The molecule has 0 unspecified atom stereocenters. The Morgan fingerprint density at radius 3 is 2.32 bits per heavy atom. The molecule has 1 atom stereocenters. The third kappa shape index (κ3) is 6.33. The molecule has 0 radical (unpaired) electrons. The normalized spacial score (nSPS) is 20.8. The lowest BCUT2D eigenvalue weighted by Gasteiger charge is -2.43. The van der Waals surface area contributed by atoms with Gasteiger partial charge in [-0.3, -0.25) is 9.59 Å². The van der Waals surface area contributed by atoms with Crippen LogP contribution >= 0.6 is 0 Å². The van der Waals surface area contributed by atoms with Crippen LogP contribution in [-0.4, -0.2) is 79.8 Å². The molecule has 182 valence electrons. The van der Waals surface area contributed by atoms with Crippen LogP contribution < -0.4 is 4.74 Å². The van der Waals surface area contributed by atoms with E-state index in [9.17, 15) is 14.0 Å². The van der Waals surface area contributed by atoms with Gasteiger partial charge in [-0.25, -0.2) is 4.39 Å². The van der Waals surface area contributed by atoms with Gasteiger partial charge in [0.25, 0.3) is 0 Å². The van der Waals surface area contributed by atoms with Crippen LogP contribution in [0.1, 0.15) is 17.5 Å². The van der Waals surface area contributed by atoms with E-state index in [-0.39, 0.29) is 43.6 Å². The summed E-state index contributed by atoms with van der Waals surface area (Å²) in [5.74, 6) is 0.0497. The maximum atomic E-state index is 13.3. The highest BCUT2D eigenvalue weighted by Crippen LogP contribution is 2.26. The summed E-state index contributed by atoms with van der Waals surface area (Å²) in [5, 5.41) is 0. The number of hydrogen-bond donors (Lipinski definition) is 0. The van der Waals surface area contributed by atoms with Crippen LogP contribution in [0.25, 0.3) is 0 Å². The van der Waals surface area contributed by atoms with Gasteiger partial charge in [0.1, 0.15) is 23.8 Å². The first-order valence-corrected chi connectivity index (χ1v) is 11.6. The molecular formula is C26H31FN2O5. The van der Waals surface area contributed by atoms with Gasteiger partial charge < -0.3 is 24.0 Å². The summed E-state index contributed by atoms with van der Waals surface area (Å²) in [7, 11) is 0. The number of amides is 2. The lowest BCUT2D eigenvalue weighted by Crippen LogP contribution is -2.59. The summed E-state index contributed by atoms with van der Waals surface area (Å²) >= 11 is 0. The van der Waals surface area contributed by atoms with Crippen molar-refractivity contribution in [3.63, 3.8) is 0 Å². The number of ether oxygens (including phenoxy) is 3. The average molecular weight is 471 g/mol. The average Bonchev–Trinajstić information content (AvgIpc) is 2.86. The molecule has 2 aromatic carbocycles. The van der Waals surface area contributed by atoms with Crippen molar-refractivity contribution < 1.29 is 28.2 Å². The highest BCUT2D eigenvalue weighted by molar-refractivity contribution is 5.80. The van der Waals surface area contributed by atoms with E-state index in [0.717, 1.165) is 11.1 Å². The van der Waals surface area contributed by atoms with Gasteiger partial charge in [0.2, 0.25) is 11.8 Å². The largest absolute Gasteiger partial charge is 0.490 e. The molecular weight excluding hydrogens is 439 g/mol. The number of morpholine rings is 2. The number of rotatable bonds is 7. The fraction of sp³-hybridized carbons (Fsp3) is 0.462. The summed E-state index contributed by atoms with van der Waals surface area (Å²) in [6, 6.07) is 13.6. The highest BCUT2D eigenvalue weighted by Gasteiger charge is 2.42.